The molecule has 0 aromatic heterocycles. The van der Waals surface area contributed by atoms with Crippen LogP contribution < -0.4 is 5.73 Å². The predicted molar refractivity (Wildman–Crippen MR) is 73.4 cm³/mol. The van der Waals surface area contributed by atoms with E-state index in [0.717, 1.165) is 0 Å². The molecular formula is C12H27ClN2O2. The Morgan fingerprint density at radius 3 is 2.24 bits per heavy atom. The van der Waals surface area contributed by atoms with Gasteiger partial charge in [-0.2, -0.15) is 0 Å². The van der Waals surface area contributed by atoms with Crippen LogP contribution in [0.5, 0.6) is 0 Å². The van der Waals surface area contributed by atoms with Gasteiger partial charge in [-0.3, -0.25) is 4.79 Å². The van der Waals surface area contributed by atoms with E-state index in [4.69, 9.17) is 10.5 Å². The van der Waals surface area contributed by atoms with Crippen LogP contribution in [0.15, 0.2) is 0 Å². The Bertz CT molecular complexity index is 217. The summed E-state index contributed by atoms with van der Waals surface area (Å²) in [6.07, 6.45) is 0. The molecule has 0 aromatic carbocycles. The second-order valence-electron chi connectivity index (χ2n) is 4.96. The van der Waals surface area contributed by atoms with E-state index in [-0.39, 0.29) is 23.7 Å². The molecule has 0 saturated heterocycles. The highest BCUT2D eigenvalue weighted by Gasteiger charge is 2.30. The molecule has 0 rings (SSSR count). The molecule has 0 fully saturated rings. The molecular weight excluding hydrogens is 240 g/mol. The number of hydrogen-bond donors (Lipinski definition) is 1. The maximum absolute atomic E-state index is 12.1. The molecule has 2 N–H and O–H groups in total. The van der Waals surface area contributed by atoms with E-state index in [1.165, 1.54) is 0 Å². The molecule has 0 aliphatic rings. The van der Waals surface area contributed by atoms with Gasteiger partial charge in [0.2, 0.25) is 5.91 Å². The van der Waals surface area contributed by atoms with Crippen molar-refractivity contribution in [1.29, 1.82) is 0 Å². The van der Waals surface area contributed by atoms with Crippen LogP contribution >= 0.6 is 12.4 Å². The normalized spacial score (nSPS) is 12.8. The van der Waals surface area contributed by atoms with E-state index in [1.54, 1.807) is 4.90 Å². The summed E-state index contributed by atoms with van der Waals surface area (Å²) in [6.45, 7) is 12.4. The van der Waals surface area contributed by atoms with Crippen molar-refractivity contribution in [2.24, 2.45) is 11.1 Å². The van der Waals surface area contributed by atoms with E-state index in [9.17, 15) is 4.79 Å². The van der Waals surface area contributed by atoms with Crippen LogP contribution in [0, 0.1) is 5.41 Å². The summed E-state index contributed by atoms with van der Waals surface area (Å²) in [7, 11) is 0. The number of carbonyl (C=O) groups is 1. The average Bonchev–Trinajstić information content (AvgIpc) is 2.21. The highest BCUT2D eigenvalue weighted by Crippen LogP contribution is 2.18. The summed E-state index contributed by atoms with van der Waals surface area (Å²) in [4.78, 5) is 13.8. The van der Waals surface area contributed by atoms with Crippen molar-refractivity contribution in [3.8, 4) is 0 Å². The van der Waals surface area contributed by atoms with Crippen molar-refractivity contribution in [2.45, 2.75) is 40.7 Å². The Labute approximate surface area is 111 Å². The van der Waals surface area contributed by atoms with Crippen LogP contribution in [0.4, 0.5) is 0 Å². The van der Waals surface area contributed by atoms with Crippen LogP contribution in [-0.4, -0.2) is 43.2 Å². The molecule has 0 spiro atoms. The average molecular weight is 267 g/mol. The van der Waals surface area contributed by atoms with Gasteiger partial charge in [0.05, 0.1) is 12.6 Å². The van der Waals surface area contributed by atoms with Crippen LogP contribution in [0.3, 0.4) is 0 Å². The first-order valence-corrected chi connectivity index (χ1v) is 5.96. The van der Waals surface area contributed by atoms with Gasteiger partial charge in [0.25, 0.3) is 0 Å². The molecule has 0 heterocycles. The number of halogens is 1. The lowest BCUT2D eigenvalue weighted by Crippen LogP contribution is -2.51. The Morgan fingerprint density at radius 1 is 1.35 bits per heavy atom. The highest BCUT2D eigenvalue weighted by atomic mass is 35.5. The van der Waals surface area contributed by atoms with E-state index in [1.807, 2.05) is 34.6 Å². The van der Waals surface area contributed by atoms with Gasteiger partial charge >= 0.3 is 0 Å². The van der Waals surface area contributed by atoms with Crippen molar-refractivity contribution >= 4 is 18.3 Å². The SMILES string of the molecule is CCOCCN(CC)C(=O)[C@@H](N)C(C)(C)C.Cl. The molecule has 1 amide bonds. The molecule has 0 bridgehead atoms. The number of carbonyl (C=O) groups excluding carboxylic acids is 1. The molecule has 0 radical (unpaired) electrons. The fourth-order valence-electron chi connectivity index (χ4n) is 1.31. The van der Waals surface area contributed by atoms with Crippen LogP contribution in [-0.2, 0) is 9.53 Å². The molecule has 0 unspecified atom stereocenters. The molecule has 4 nitrogen and oxygen atoms in total. The van der Waals surface area contributed by atoms with Gasteiger partial charge in [-0.1, -0.05) is 20.8 Å². The fourth-order valence-corrected chi connectivity index (χ4v) is 1.31. The van der Waals surface area contributed by atoms with Crippen molar-refractivity contribution in [2.75, 3.05) is 26.3 Å². The van der Waals surface area contributed by atoms with Gasteiger partial charge < -0.3 is 15.4 Å². The Balaban J connectivity index is 0. The number of ether oxygens (including phenoxy) is 1. The third kappa shape index (κ3) is 6.86. The third-order valence-corrected chi connectivity index (χ3v) is 2.60. The van der Waals surface area contributed by atoms with Crippen molar-refractivity contribution in [3.63, 3.8) is 0 Å². The molecule has 17 heavy (non-hydrogen) atoms. The minimum atomic E-state index is -0.450. The smallest absolute Gasteiger partial charge is 0.240 e. The molecule has 1 atom stereocenters. The predicted octanol–water partition coefficient (Wildman–Crippen LogP) is 1.67. The second-order valence-corrected chi connectivity index (χ2v) is 4.96. The first-order valence-electron chi connectivity index (χ1n) is 5.96. The number of nitrogens with two attached hydrogens (primary N) is 1. The quantitative estimate of drug-likeness (QED) is 0.744. The summed E-state index contributed by atoms with van der Waals surface area (Å²) in [6, 6.07) is -0.450. The van der Waals surface area contributed by atoms with Gasteiger partial charge in [0, 0.05) is 19.7 Å². The number of likely N-dealkylation sites (N-methyl/N-ethyl adjacent to an activating group) is 1. The van der Waals surface area contributed by atoms with Gasteiger partial charge in [-0.05, 0) is 19.3 Å². The molecule has 104 valence electrons. The fraction of sp³-hybridized carbons (Fsp3) is 0.917. The number of nitrogens with zero attached hydrogens (tertiary/aromatic N) is 1. The summed E-state index contributed by atoms with van der Waals surface area (Å²) >= 11 is 0. The molecule has 0 saturated carbocycles. The van der Waals surface area contributed by atoms with Gasteiger partial charge in [-0.15, -0.1) is 12.4 Å². The van der Waals surface area contributed by atoms with Crippen molar-refractivity contribution in [1.82, 2.24) is 4.90 Å². The van der Waals surface area contributed by atoms with Crippen molar-refractivity contribution < 1.29 is 9.53 Å². The largest absolute Gasteiger partial charge is 0.380 e. The Morgan fingerprint density at radius 2 is 1.88 bits per heavy atom. The highest BCUT2D eigenvalue weighted by molar-refractivity contribution is 5.85. The maximum Gasteiger partial charge on any atom is 0.240 e. The van der Waals surface area contributed by atoms with E-state index in [0.29, 0.717) is 26.3 Å². The van der Waals surface area contributed by atoms with Gasteiger partial charge in [-0.25, -0.2) is 0 Å². The molecule has 0 aromatic rings. The summed E-state index contributed by atoms with van der Waals surface area (Å²) < 4.78 is 5.25. The van der Waals surface area contributed by atoms with Crippen LogP contribution in [0.2, 0.25) is 0 Å². The zero-order valence-electron chi connectivity index (χ0n) is 11.7. The van der Waals surface area contributed by atoms with Gasteiger partial charge in [0.15, 0.2) is 0 Å². The standard InChI is InChI=1S/C12H26N2O2.ClH/c1-6-14(8-9-16-7-2)11(15)10(13)12(3,4)5;/h10H,6-9,13H2,1-5H3;1H/t10-;/m1./s1. The summed E-state index contributed by atoms with van der Waals surface area (Å²) in [5.41, 5.74) is 5.74. The lowest BCUT2D eigenvalue weighted by Gasteiger charge is -2.31. The topological polar surface area (TPSA) is 55.6 Å². The number of rotatable bonds is 6. The third-order valence-electron chi connectivity index (χ3n) is 2.60. The molecule has 0 aliphatic heterocycles. The number of hydrogen-bond acceptors (Lipinski definition) is 3. The van der Waals surface area contributed by atoms with E-state index >= 15 is 0 Å². The molecule has 5 heteroatoms. The Kier molecular flexibility index (Phi) is 9.77. The van der Waals surface area contributed by atoms with Crippen LogP contribution in [0.1, 0.15) is 34.6 Å². The minimum Gasteiger partial charge on any atom is -0.380 e. The minimum absolute atomic E-state index is 0. The van der Waals surface area contributed by atoms with Crippen LogP contribution in [0.25, 0.3) is 0 Å². The van der Waals surface area contributed by atoms with Gasteiger partial charge in [0.1, 0.15) is 0 Å². The lowest BCUT2D eigenvalue weighted by molar-refractivity contribution is -0.135. The maximum atomic E-state index is 12.1. The zero-order valence-corrected chi connectivity index (χ0v) is 12.5. The second kappa shape index (κ2) is 8.72. The Hall–Kier alpha value is -0.320. The first-order chi connectivity index (χ1) is 7.34. The number of amides is 1. The van der Waals surface area contributed by atoms with E-state index in [2.05, 4.69) is 0 Å². The summed E-state index contributed by atoms with van der Waals surface area (Å²) in [5.74, 6) is 0.00898. The summed E-state index contributed by atoms with van der Waals surface area (Å²) in [5, 5.41) is 0. The van der Waals surface area contributed by atoms with E-state index < -0.39 is 6.04 Å². The lowest BCUT2D eigenvalue weighted by atomic mass is 9.86. The zero-order chi connectivity index (χ0) is 12.8. The molecule has 0 aliphatic carbocycles. The van der Waals surface area contributed by atoms with Crippen molar-refractivity contribution in [3.05, 3.63) is 0 Å². The first kappa shape index (κ1) is 19.0. The monoisotopic (exact) mass is 266 g/mol.